The maximum Gasteiger partial charge on any atom is 0.322 e. The molecule has 0 bridgehead atoms. The molecule has 2 rings (SSSR count). The maximum absolute atomic E-state index is 12.6. The minimum Gasteiger partial charge on any atom is -0.480 e. The van der Waals surface area contributed by atoms with E-state index in [1.165, 1.54) is 18.7 Å². The number of carbonyl (C=O) groups excluding carboxylic acids is 5. The fraction of sp³-hybridized carbons (Fsp3) is 0.700. The lowest BCUT2D eigenvalue weighted by Gasteiger charge is -2.25. The van der Waals surface area contributed by atoms with Crippen LogP contribution in [0.25, 0.3) is 0 Å². The third kappa shape index (κ3) is 7.70. The first-order valence-electron chi connectivity index (χ1n) is 11.0. The second-order valence-corrected chi connectivity index (χ2v) is 8.18. The Labute approximate surface area is 191 Å². The van der Waals surface area contributed by atoms with E-state index in [1.54, 1.807) is 0 Å². The average molecular weight is 469 g/mol. The number of hydrogen-bond donors (Lipinski definition) is 6. The molecular weight excluding hydrogens is 436 g/mol. The van der Waals surface area contributed by atoms with Crippen LogP contribution in [-0.4, -0.2) is 95.9 Å². The Morgan fingerprint density at radius 1 is 0.909 bits per heavy atom. The van der Waals surface area contributed by atoms with E-state index >= 15 is 0 Å². The molecule has 6 N–H and O–H groups in total. The van der Waals surface area contributed by atoms with E-state index in [0.717, 1.165) is 13.0 Å². The molecule has 0 radical (unpaired) electrons. The van der Waals surface area contributed by atoms with Crippen LogP contribution >= 0.6 is 0 Å². The van der Waals surface area contributed by atoms with E-state index in [2.05, 4.69) is 26.6 Å². The highest BCUT2D eigenvalue weighted by atomic mass is 16.4. The first-order chi connectivity index (χ1) is 15.6. The van der Waals surface area contributed by atoms with Crippen molar-refractivity contribution in [2.45, 2.75) is 63.7 Å². The number of nitrogens with one attached hydrogen (secondary N) is 5. The van der Waals surface area contributed by atoms with Gasteiger partial charge in [0.1, 0.15) is 24.7 Å². The molecule has 2 fully saturated rings. The van der Waals surface area contributed by atoms with Gasteiger partial charge in [-0.15, -0.1) is 0 Å². The van der Waals surface area contributed by atoms with E-state index in [0.29, 0.717) is 25.8 Å². The number of likely N-dealkylation sites (tertiary alicyclic amines) is 1. The summed E-state index contributed by atoms with van der Waals surface area (Å²) < 4.78 is 0. The second kappa shape index (κ2) is 12.1. The Balaban J connectivity index is 1.80. The Morgan fingerprint density at radius 3 is 2.09 bits per heavy atom. The summed E-state index contributed by atoms with van der Waals surface area (Å²) in [5, 5.41) is 21.4. The van der Waals surface area contributed by atoms with Crippen LogP contribution in [-0.2, 0) is 28.8 Å². The number of nitrogens with zero attached hydrogens (tertiary/aromatic N) is 1. The molecule has 0 aromatic carbocycles. The van der Waals surface area contributed by atoms with Crippen LogP contribution in [0.1, 0.15) is 39.5 Å². The van der Waals surface area contributed by atoms with E-state index in [-0.39, 0.29) is 18.5 Å². The van der Waals surface area contributed by atoms with Crippen LogP contribution in [0.2, 0.25) is 0 Å². The van der Waals surface area contributed by atoms with Gasteiger partial charge in [0.2, 0.25) is 29.5 Å². The van der Waals surface area contributed by atoms with Gasteiger partial charge in [0.05, 0.1) is 12.6 Å². The summed E-state index contributed by atoms with van der Waals surface area (Å²) in [6.07, 6.45) is 2.58. The maximum atomic E-state index is 12.6. The molecular formula is C20H32N6O7. The van der Waals surface area contributed by atoms with Crippen LogP contribution in [0.5, 0.6) is 0 Å². The minimum absolute atomic E-state index is 0.265. The molecule has 13 nitrogen and oxygen atoms in total. The molecule has 2 heterocycles. The third-order valence-electron chi connectivity index (χ3n) is 5.58. The van der Waals surface area contributed by atoms with E-state index in [9.17, 15) is 28.8 Å². The SMILES string of the molecule is C[C@H](NC(=O)[C@@H]1CCCN1)C(=O)NCC(=O)N1CCC[C@H]1C(=O)N[C@@H](C)C(=O)NCC(=O)O. The number of rotatable bonds is 10. The van der Waals surface area contributed by atoms with Gasteiger partial charge in [-0.25, -0.2) is 0 Å². The van der Waals surface area contributed by atoms with Gasteiger partial charge in [-0.1, -0.05) is 0 Å². The third-order valence-corrected chi connectivity index (χ3v) is 5.58. The fourth-order valence-electron chi connectivity index (χ4n) is 3.73. The van der Waals surface area contributed by atoms with Crippen molar-refractivity contribution in [2.24, 2.45) is 0 Å². The summed E-state index contributed by atoms with van der Waals surface area (Å²) in [6, 6.07) is -2.92. The van der Waals surface area contributed by atoms with Gasteiger partial charge in [0, 0.05) is 6.54 Å². The van der Waals surface area contributed by atoms with Crippen molar-refractivity contribution in [3.63, 3.8) is 0 Å². The first kappa shape index (κ1) is 26.0. The molecule has 33 heavy (non-hydrogen) atoms. The molecule has 2 aliphatic heterocycles. The number of carbonyl (C=O) groups is 6. The molecule has 0 unspecified atom stereocenters. The van der Waals surface area contributed by atoms with Crippen molar-refractivity contribution in [1.82, 2.24) is 31.5 Å². The van der Waals surface area contributed by atoms with Gasteiger partial charge in [-0.2, -0.15) is 0 Å². The highest BCUT2D eigenvalue weighted by Gasteiger charge is 2.35. The predicted molar refractivity (Wildman–Crippen MR) is 115 cm³/mol. The lowest BCUT2D eigenvalue weighted by atomic mass is 10.2. The normalized spacial score (nSPS) is 21.6. The monoisotopic (exact) mass is 468 g/mol. The number of carboxylic acid groups (broad SMARTS) is 1. The fourth-order valence-corrected chi connectivity index (χ4v) is 3.73. The Bertz CT molecular complexity index is 783. The summed E-state index contributed by atoms with van der Waals surface area (Å²) >= 11 is 0. The minimum atomic E-state index is -1.21. The van der Waals surface area contributed by atoms with Gasteiger partial charge in [0.15, 0.2) is 0 Å². The van der Waals surface area contributed by atoms with Gasteiger partial charge in [0.25, 0.3) is 0 Å². The second-order valence-electron chi connectivity index (χ2n) is 8.18. The zero-order chi connectivity index (χ0) is 24.5. The molecule has 0 saturated carbocycles. The molecule has 2 saturated heterocycles. The van der Waals surface area contributed by atoms with Crippen LogP contribution < -0.4 is 26.6 Å². The lowest BCUT2D eigenvalue weighted by Crippen LogP contribution is -2.54. The number of aliphatic carboxylic acids is 1. The molecule has 2 aliphatic rings. The highest BCUT2D eigenvalue weighted by Crippen LogP contribution is 2.17. The predicted octanol–water partition coefficient (Wildman–Crippen LogP) is -2.94. The molecule has 5 amide bonds. The molecule has 4 atom stereocenters. The summed E-state index contributed by atoms with van der Waals surface area (Å²) in [6.45, 7) is 3.11. The van der Waals surface area contributed by atoms with E-state index in [1.807, 2.05) is 0 Å². The Kier molecular flexibility index (Phi) is 9.57. The molecule has 0 aromatic heterocycles. The number of amides is 5. The van der Waals surface area contributed by atoms with Crippen molar-refractivity contribution in [2.75, 3.05) is 26.2 Å². The van der Waals surface area contributed by atoms with Crippen LogP contribution in [0.15, 0.2) is 0 Å². The van der Waals surface area contributed by atoms with Gasteiger partial charge in [-0.05, 0) is 46.1 Å². The highest BCUT2D eigenvalue weighted by molar-refractivity contribution is 5.95. The largest absolute Gasteiger partial charge is 0.480 e. The molecule has 0 aliphatic carbocycles. The van der Waals surface area contributed by atoms with Crippen LogP contribution in [0.4, 0.5) is 0 Å². The van der Waals surface area contributed by atoms with Crippen molar-refractivity contribution >= 4 is 35.5 Å². The van der Waals surface area contributed by atoms with Crippen molar-refractivity contribution in [3.8, 4) is 0 Å². The summed E-state index contributed by atoms with van der Waals surface area (Å²) in [5.74, 6) is -3.63. The zero-order valence-electron chi connectivity index (χ0n) is 18.8. The van der Waals surface area contributed by atoms with E-state index < -0.39 is 54.3 Å². The first-order valence-corrected chi connectivity index (χ1v) is 11.0. The Hall–Kier alpha value is -3.22. The van der Waals surface area contributed by atoms with Gasteiger partial charge < -0.3 is 36.6 Å². The zero-order valence-corrected chi connectivity index (χ0v) is 18.8. The summed E-state index contributed by atoms with van der Waals surface area (Å²) in [4.78, 5) is 73.3. The molecule has 0 aromatic rings. The summed E-state index contributed by atoms with van der Waals surface area (Å²) in [7, 11) is 0. The number of carboxylic acids is 1. The number of hydrogen-bond acceptors (Lipinski definition) is 7. The molecule has 184 valence electrons. The Morgan fingerprint density at radius 2 is 1.52 bits per heavy atom. The quantitative estimate of drug-likeness (QED) is 0.196. The molecule has 0 spiro atoms. The topological polar surface area (TPSA) is 186 Å². The van der Waals surface area contributed by atoms with Crippen molar-refractivity contribution in [3.05, 3.63) is 0 Å². The van der Waals surface area contributed by atoms with E-state index in [4.69, 9.17) is 5.11 Å². The van der Waals surface area contributed by atoms with Crippen molar-refractivity contribution in [1.29, 1.82) is 0 Å². The van der Waals surface area contributed by atoms with Crippen LogP contribution in [0.3, 0.4) is 0 Å². The van der Waals surface area contributed by atoms with Crippen molar-refractivity contribution < 1.29 is 33.9 Å². The lowest BCUT2D eigenvalue weighted by molar-refractivity contribution is -0.140. The standard InChI is InChI=1S/C20H32N6O7/c1-11(24-19(32)13-5-3-7-21-13)17(30)22-9-15(27)26-8-4-6-14(26)20(33)25-12(2)18(31)23-10-16(28)29/h11-14,21H,3-10H2,1-2H3,(H,22,30)(H,23,31)(H,24,32)(H,25,33)(H,28,29)/t11-,12-,13-,14-/m0/s1. The van der Waals surface area contributed by atoms with Crippen LogP contribution in [0, 0.1) is 0 Å². The van der Waals surface area contributed by atoms with Gasteiger partial charge >= 0.3 is 5.97 Å². The van der Waals surface area contributed by atoms with Gasteiger partial charge in [-0.3, -0.25) is 28.8 Å². The average Bonchev–Trinajstić information content (AvgIpc) is 3.47. The molecule has 13 heteroatoms. The smallest absolute Gasteiger partial charge is 0.322 e. The summed E-state index contributed by atoms with van der Waals surface area (Å²) in [5.41, 5.74) is 0.